The highest BCUT2D eigenvalue weighted by Crippen LogP contribution is 2.23. The first-order valence-corrected chi connectivity index (χ1v) is 8.96. The van der Waals surface area contributed by atoms with Gasteiger partial charge in [0.25, 0.3) is 0 Å². The third kappa shape index (κ3) is 3.61. The van der Waals surface area contributed by atoms with Crippen LogP contribution in [0.3, 0.4) is 0 Å². The Morgan fingerprint density at radius 2 is 2.23 bits per heavy atom. The SMILES string of the molecule is C[C@@H](CNC(=O)N1CCC[C@H]1C(=O)NC1CC1)c1ccsc1. The Hall–Kier alpha value is -1.56. The molecule has 5 nitrogen and oxygen atoms in total. The Kier molecular flexibility index (Phi) is 4.66. The molecule has 3 amide bonds. The summed E-state index contributed by atoms with van der Waals surface area (Å²) >= 11 is 1.67. The fourth-order valence-corrected chi connectivity index (χ4v) is 3.60. The fraction of sp³-hybridized carbons (Fsp3) is 0.625. The normalized spacial score (nSPS) is 22.4. The van der Waals surface area contributed by atoms with Gasteiger partial charge in [-0.25, -0.2) is 4.79 Å². The molecule has 1 aliphatic carbocycles. The number of hydrogen-bond acceptors (Lipinski definition) is 3. The number of carbonyl (C=O) groups is 2. The summed E-state index contributed by atoms with van der Waals surface area (Å²) in [6.07, 6.45) is 3.81. The van der Waals surface area contributed by atoms with Gasteiger partial charge in [0.05, 0.1) is 0 Å². The fourth-order valence-electron chi connectivity index (χ4n) is 2.82. The van der Waals surface area contributed by atoms with Crippen LogP contribution in [0.4, 0.5) is 4.79 Å². The number of urea groups is 1. The molecule has 0 aromatic carbocycles. The van der Waals surface area contributed by atoms with E-state index in [0.717, 1.165) is 25.7 Å². The number of rotatable bonds is 5. The van der Waals surface area contributed by atoms with Crippen LogP contribution in [0.2, 0.25) is 0 Å². The van der Waals surface area contributed by atoms with Crippen molar-refractivity contribution >= 4 is 23.3 Å². The molecule has 22 heavy (non-hydrogen) atoms. The predicted octanol–water partition coefficient (Wildman–Crippen LogP) is 2.30. The van der Waals surface area contributed by atoms with Crippen LogP contribution in [0.5, 0.6) is 0 Å². The highest BCUT2D eigenvalue weighted by molar-refractivity contribution is 7.07. The number of carbonyl (C=O) groups excluding carboxylic acids is 2. The van der Waals surface area contributed by atoms with Gasteiger partial charge in [-0.3, -0.25) is 4.79 Å². The number of likely N-dealkylation sites (tertiary alicyclic amines) is 1. The van der Waals surface area contributed by atoms with Crippen molar-refractivity contribution in [1.29, 1.82) is 0 Å². The van der Waals surface area contributed by atoms with E-state index in [4.69, 9.17) is 0 Å². The molecule has 1 aromatic rings. The van der Waals surface area contributed by atoms with Gasteiger partial charge in [0.1, 0.15) is 6.04 Å². The minimum atomic E-state index is -0.294. The monoisotopic (exact) mass is 321 g/mol. The number of amides is 3. The van der Waals surface area contributed by atoms with Gasteiger partial charge in [0.15, 0.2) is 0 Å². The number of nitrogens with one attached hydrogen (secondary N) is 2. The van der Waals surface area contributed by atoms with E-state index in [-0.39, 0.29) is 23.9 Å². The van der Waals surface area contributed by atoms with Crippen molar-refractivity contribution < 1.29 is 9.59 Å². The van der Waals surface area contributed by atoms with E-state index in [9.17, 15) is 9.59 Å². The third-order valence-electron chi connectivity index (χ3n) is 4.41. The van der Waals surface area contributed by atoms with E-state index >= 15 is 0 Å². The lowest BCUT2D eigenvalue weighted by Gasteiger charge is -2.25. The van der Waals surface area contributed by atoms with E-state index in [1.165, 1.54) is 5.56 Å². The molecule has 1 aliphatic heterocycles. The van der Waals surface area contributed by atoms with Crippen molar-refractivity contribution in [3.05, 3.63) is 22.4 Å². The summed E-state index contributed by atoms with van der Waals surface area (Å²) < 4.78 is 0. The maximum absolute atomic E-state index is 12.4. The second kappa shape index (κ2) is 6.69. The number of nitrogens with zero attached hydrogens (tertiary/aromatic N) is 1. The molecule has 6 heteroatoms. The van der Waals surface area contributed by atoms with Crippen LogP contribution in [0.25, 0.3) is 0 Å². The second-order valence-electron chi connectivity index (χ2n) is 6.28. The Morgan fingerprint density at radius 3 is 2.91 bits per heavy atom. The summed E-state index contributed by atoms with van der Waals surface area (Å²) in [5, 5.41) is 10.1. The first kappa shape index (κ1) is 15.3. The van der Waals surface area contributed by atoms with E-state index < -0.39 is 0 Å². The molecule has 2 fully saturated rings. The number of thiophene rings is 1. The van der Waals surface area contributed by atoms with Gasteiger partial charge in [-0.05, 0) is 54.0 Å². The van der Waals surface area contributed by atoms with Crippen LogP contribution in [-0.2, 0) is 4.79 Å². The lowest BCUT2D eigenvalue weighted by molar-refractivity contribution is -0.124. The second-order valence-corrected chi connectivity index (χ2v) is 7.06. The molecule has 3 rings (SSSR count). The Bertz CT molecular complexity index is 528. The quantitative estimate of drug-likeness (QED) is 0.874. The van der Waals surface area contributed by atoms with Crippen molar-refractivity contribution in [3.63, 3.8) is 0 Å². The molecule has 0 radical (unpaired) electrons. The first-order valence-electron chi connectivity index (χ1n) is 8.02. The minimum Gasteiger partial charge on any atom is -0.352 e. The molecule has 1 saturated carbocycles. The molecule has 1 aromatic heterocycles. The molecule has 0 spiro atoms. The Labute approximate surface area is 135 Å². The van der Waals surface area contributed by atoms with Crippen molar-refractivity contribution in [1.82, 2.24) is 15.5 Å². The summed E-state index contributed by atoms with van der Waals surface area (Å²) in [5.74, 6) is 0.303. The summed E-state index contributed by atoms with van der Waals surface area (Å²) in [6, 6.07) is 2.02. The minimum absolute atomic E-state index is 0.0148. The predicted molar refractivity (Wildman–Crippen MR) is 87.0 cm³/mol. The summed E-state index contributed by atoms with van der Waals surface area (Å²) in [4.78, 5) is 26.3. The molecule has 2 N–H and O–H groups in total. The van der Waals surface area contributed by atoms with Crippen molar-refractivity contribution in [3.8, 4) is 0 Å². The van der Waals surface area contributed by atoms with Gasteiger partial charge < -0.3 is 15.5 Å². The van der Waals surface area contributed by atoms with E-state index in [2.05, 4.69) is 29.0 Å². The zero-order valence-corrected chi connectivity index (χ0v) is 13.7. The molecule has 0 bridgehead atoms. The topological polar surface area (TPSA) is 61.4 Å². The van der Waals surface area contributed by atoms with Crippen LogP contribution < -0.4 is 10.6 Å². The molecule has 2 heterocycles. The summed E-state index contributed by atoms with van der Waals surface area (Å²) in [6.45, 7) is 3.37. The zero-order chi connectivity index (χ0) is 15.5. The van der Waals surface area contributed by atoms with E-state index in [1.807, 2.05) is 5.38 Å². The van der Waals surface area contributed by atoms with Crippen LogP contribution >= 0.6 is 11.3 Å². The molecule has 1 saturated heterocycles. The van der Waals surface area contributed by atoms with Crippen LogP contribution in [0.1, 0.15) is 44.1 Å². The molecule has 2 aliphatic rings. The van der Waals surface area contributed by atoms with Gasteiger partial charge in [-0.1, -0.05) is 6.92 Å². The van der Waals surface area contributed by atoms with Gasteiger partial charge in [0.2, 0.25) is 5.91 Å². The third-order valence-corrected chi connectivity index (χ3v) is 5.11. The van der Waals surface area contributed by atoms with Crippen LogP contribution in [0, 0.1) is 0 Å². The molecular formula is C16H23N3O2S. The highest BCUT2D eigenvalue weighted by Gasteiger charge is 2.36. The largest absolute Gasteiger partial charge is 0.352 e. The highest BCUT2D eigenvalue weighted by atomic mass is 32.1. The van der Waals surface area contributed by atoms with Gasteiger partial charge in [0, 0.05) is 19.1 Å². The Balaban J connectivity index is 1.50. The summed E-state index contributed by atoms with van der Waals surface area (Å²) in [7, 11) is 0. The molecule has 2 atom stereocenters. The van der Waals surface area contributed by atoms with Gasteiger partial charge >= 0.3 is 6.03 Å². The van der Waals surface area contributed by atoms with Crippen LogP contribution in [0.15, 0.2) is 16.8 Å². The lowest BCUT2D eigenvalue weighted by Crippen LogP contribution is -2.50. The number of hydrogen-bond donors (Lipinski definition) is 2. The van der Waals surface area contributed by atoms with Gasteiger partial charge in [-0.2, -0.15) is 11.3 Å². The molecule has 0 unspecified atom stereocenters. The van der Waals surface area contributed by atoms with E-state index in [0.29, 0.717) is 19.1 Å². The summed E-state index contributed by atoms with van der Waals surface area (Å²) in [5.41, 5.74) is 1.25. The van der Waals surface area contributed by atoms with Crippen LogP contribution in [-0.4, -0.2) is 42.0 Å². The zero-order valence-electron chi connectivity index (χ0n) is 12.9. The average Bonchev–Trinajstić information content (AvgIpc) is 3.00. The maximum atomic E-state index is 12.4. The van der Waals surface area contributed by atoms with Crippen molar-refractivity contribution in [2.45, 2.75) is 50.6 Å². The van der Waals surface area contributed by atoms with Gasteiger partial charge in [-0.15, -0.1) is 0 Å². The lowest BCUT2D eigenvalue weighted by atomic mass is 10.1. The standard InChI is InChI=1S/C16H23N3O2S/c1-11(12-6-8-22-10-12)9-17-16(21)19-7-2-3-14(19)15(20)18-13-4-5-13/h6,8,10-11,13-14H,2-5,7,9H2,1H3,(H,17,21)(H,18,20)/t11-,14-/m0/s1. The van der Waals surface area contributed by atoms with E-state index in [1.54, 1.807) is 16.2 Å². The first-order chi connectivity index (χ1) is 10.6. The van der Waals surface area contributed by atoms with Crippen molar-refractivity contribution in [2.75, 3.05) is 13.1 Å². The average molecular weight is 321 g/mol. The molecule has 120 valence electrons. The maximum Gasteiger partial charge on any atom is 0.318 e. The van der Waals surface area contributed by atoms with Crippen molar-refractivity contribution in [2.24, 2.45) is 0 Å². The Morgan fingerprint density at radius 1 is 1.41 bits per heavy atom. The molecular weight excluding hydrogens is 298 g/mol. The smallest absolute Gasteiger partial charge is 0.318 e.